The molecule has 0 aliphatic carbocycles. The van der Waals surface area contributed by atoms with Gasteiger partial charge in [0.1, 0.15) is 11.2 Å². The molecule has 19 heavy (non-hydrogen) atoms. The Morgan fingerprint density at radius 2 is 1.89 bits per heavy atom. The lowest BCUT2D eigenvalue weighted by atomic mass is 10.0. The molecule has 0 spiro atoms. The molecule has 4 nitrogen and oxygen atoms in total. The fraction of sp³-hybridized carbons (Fsp3) is 0.143. The van der Waals surface area contributed by atoms with E-state index in [1.165, 1.54) is 0 Å². The standard InChI is InChI=1S/C14H11ClN2O2/c1-18-12-4-3-9(7-13(12)19-2)10-5-6-17-14(15)11(10)8-16/h3-7H,1-2H3. The number of aromatic nitrogens is 1. The maximum Gasteiger partial charge on any atom is 0.161 e. The van der Waals surface area contributed by atoms with Gasteiger partial charge in [0.05, 0.1) is 19.8 Å². The molecule has 0 atom stereocenters. The summed E-state index contributed by atoms with van der Waals surface area (Å²) in [6.45, 7) is 0. The second-order valence-electron chi connectivity index (χ2n) is 3.71. The van der Waals surface area contributed by atoms with Crippen molar-refractivity contribution in [1.29, 1.82) is 5.26 Å². The number of nitriles is 1. The van der Waals surface area contributed by atoms with Crippen molar-refractivity contribution >= 4 is 11.6 Å². The van der Waals surface area contributed by atoms with Crippen molar-refractivity contribution in [3.8, 4) is 28.7 Å². The summed E-state index contributed by atoms with van der Waals surface area (Å²) in [6.07, 6.45) is 1.56. The minimum atomic E-state index is 0.190. The average molecular weight is 275 g/mol. The quantitative estimate of drug-likeness (QED) is 0.806. The lowest BCUT2D eigenvalue weighted by molar-refractivity contribution is 0.355. The lowest BCUT2D eigenvalue weighted by Crippen LogP contribution is -1.93. The first kappa shape index (κ1) is 13.2. The minimum Gasteiger partial charge on any atom is -0.493 e. The van der Waals surface area contributed by atoms with Crippen molar-refractivity contribution < 1.29 is 9.47 Å². The van der Waals surface area contributed by atoms with Crippen LogP contribution in [0.25, 0.3) is 11.1 Å². The number of nitrogens with zero attached hydrogens (tertiary/aromatic N) is 2. The van der Waals surface area contributed by atoms with Gasteiger partial charge in [-0.3, -0.25) is 0 Å². The molecule has 2 aromatic rings. The molecule has 0 fully saturated rings. The van der Waals surface area contributed by atoms with Gasteiger partial charge in [0, 0.05) is 11.8 Å². The van der Waals surface area contributed by atoms with Crippen LogP contribution in [0.15, 0.2) is 30.5 Å². The van der Waals surface area contributed by atoms with Crippen LogP contribution in [0.2, 0.25) is 5.15 Å². The summed E-state index contributed by atoms with van der Waals surface area (Å²) in [7, 11) is 3.13. The second kappa shape index (κ2) is 5.59. The fourth-order valence-corrected chi connectivity index (χ4v) is 1.99. The number of ether oxygens (including phenoxy) is 2. The van der Waals surface area contributed by atoms with Crippen molar-refractivity contribution in [2.45, 2.75) is 0 Å². The SMILES string of the molecule is COc1ccc(-c2ccnc(Cl)c2C#N)cc1OC. The van der Waals surface area contributed by atoms with Crippen molar-refractivity contribution in [2.75, 3.05) is 14.2 Å². The molecule has 2 rings (SSSR count). The molecule has 0 bridgehead atoms. The van der Waals surface area contributed by atoms with Crippen LogP contribution < -0.4 is 9.47 Å². The van der Waals surface area contributed by atoms with Crippen molar-refractivity contribution in [3.63, 3.8) is 0 Å². The number of benzene rings is 1. The van der Waals surface area contributed by atoms with Crippen LogP contribution in [0, 0.1) is 11.3 Å². The first-order valence-corrected chi connectivity index (χ1v) is 5.86. The van der Waals surface area contributed by atoms with Gasteiger partial charge in [0.2, 0.25) is 0 Å². The summed E-state index contributed by atoms with van der Waals surface area (Å²) >= 11 is 5.92. The molecule has 0 unspecified atom stereocenters. The van der Waals surface area contributed by atoms with Crippen molar-refractivity contribution in [2.24, 2.45) is 0 Å². The maximum atomic E-state index is 9.16. The van der Waals surface area contributed by atoms with Gasteiger partial charge < -0.3 is 9.47 Å². The van der Waals surface area contributed by atoms with Crippen LogP contribution in [-0.2, 0) is 0 Å². The fourth-order valence-electron chi connectivity index (χ4n) is 1.79. The predicted octanol–water partition coefficient (Wildman–Crippen LogP) is 3.29. The maximum absolute atomic E-state index is 9.16. The van der Waals surface area contributed by atoms with Crippen LogP contribution in [-0.4, -0.2) is 19.2 Å². The van der Waals surface area contributed by atoms with Gasteiger partial charge in [-0.25, -0.2) is 4.98 Å². The molecule has 1 aromatic heterocycles. The van der Waals surface area contributed by atoms with Gasteiger partial charge in [0.25, 0.3) is 0 Å². The first-order valence-electron chi connectivity index (χ1n) is 5.48. The molecule has 1 aromatic carbocycles. The van der Waals surface area contributed by atoms with Crippen molar-refractivity contribution in [1.82, 2.24) is 4.98 Å². The summed E-state index contributed by atoms with van der Waals surface area (Å²) in [4.78, 5) is 3.90. The van der Waals surface area contributed by atoms with E-state index >= 15 is 0 Å². The summed E-state index contributed by atoms with van der Waals surface area (Å²) < 4.78 is 10.4. The third kappa shape index (κ3) is 2.47. The van der Waals surface area contributed by atoms with E-state index in [0.717, 1.165) is 5.56 Å². The molecule has 0 amide bonds. The van der Waals surface area contributed by atoms with Crippen LogP contribution in [0.4, 0.5) is 0 Å². The normalized spacial score (nSPS) is 9.79. The van der Waals surface area contributed by atoms with E-state index in [0.29, 0.717) is 22.6 Å². The van der Waals surface area contributed by atoms with Gasteiger partial charge in [-0.15, -0.1) is 0 Å². The third-order valence-electron chi connectivity index (χ3n) is 2.71. The number of pyridine rings is 1. The Balaban J connectivity index is 2.60. The van der Waals surface area contributed by atoms with Gasteiger partial charge >= 0.3 is 0 Å². The highest BCUT2D eigenvalue weighted by molar-refractivity contribution is 6.31. The van der Waals surface area contributed by atoms with E-state index in [4.69, 9.17) is 26.3 Å². The van der Waals surface area contributed by atoms with E-state index in [1.54, 1.807) is 38.6 Å². The molecule has 5 heteroatoms. The average Bonchev–Trinajstić information content (AvgIpc) is 2.46. The number of methoxy groups -OCH3 is 2. The summed E-state index contributed by atoms with van der Waals surface area (Å²) in [5, 5.41) is 9.35. The van der Waals surface area contributed by atoms with Crippen LogP contribution >= 0.6 is 11.6 Å². The molecular weight excluding hydrogens is 264 g/mol. The zero-order valence-electron chi connectivity index (χ0n) is 10.5. The van der Waals surface area contributed by atoms with E-state index in [2.05, 4.69) is 11.1 Å². The number of hydrogen-bond acceptors (Lipinski definition) is 4. The van der Waals surface area contributed by atoms with Crippen LogP contribution in [0.1, 0.15) is 5.56 Å². The molecule has 1 heterocycles. The van der Waals surface area contributed by atoms with E-state index in [-0.39, 0.29) is 5.15 Å². The summed E-state index contributed by atoms with van der Waals surface area (Å²) in [5.41, 5.74) is 1.87. The molecule has 96 valence electrons. The molecule has 0 saturated carbocycles. The predicted molar refractivity (Wildman–Crippen MR) is 72.5 cm³/mol. The summed E-state index contributed by atoms with van der Waals surface area (Å²) in [5.74, 6) is 1.22. The molecule has 0 aliphatic rings. The highest BCUT2D eigenvalue weighted by Gasteiger charge is 2.12. The van der Waals surface area contributed by atoms with E-state index < -0.39 is 0 Å². The molecule has 0 N–H and O–H groups in total. The smallest absolute Gasteiger partial charge is 0.161 e. The third-order valence-corrected chi connectivity index (χ3v) is 3.00. The minimum absolute atomic E-state index is 0.190. The Morgan fingerprint density at radius 1 is 1.16 bits per heavy atom. The topological polar surface area (TPSA) is 55.1 Å². The molecule has 0 aliphatic heterocycles. The monoisotopic (exact) mass is 274 g/mol. The zero-order chi connectivity index (χ0) is 13.8. The van der Waals surface area contributed by atoms with Gasteiger partial charge in [-0.05, 0) is 23.8 Å². The van der Waals surface area contributed by atoms with Crippen molar-refractivity contribution in [3.05, 3.63) is 41.2 Å². The Bertz CT molecular complexity index is 650. The highest BCUT2D eigenvalue weighted by atomic mass is 35.5. The highest BCUT2D eigenvalue weighted by Crippen LogP contribution is 2.34. The largest absolute Gasteiger partial charge is 0.493 e. The molecule has 0 saturated heterocycles. The van der Waals surface area contributed by atoms with Gasteiger partial charge in [0.15, 0.2) is 11.5 Å². The van der Waals surface area contributed by atoms with Gasteiger partial charge in [-0.2, -0.15) is 5.26 Å². The number of halogens is 1. The molecule has 0 radical (unpaired) electrons. The first-order chi connectivity index (χ1) is 9.21. The Hall–Kier alpha value is -2.25. The van der Waals surface area contributed by atoms with Gasteiger partial charge in [-0.1, -0.05) is 17.7 Å². The number of hydrogen-bond donors (Lipinski definition) is 0. The van der Waals surface area contributed by atoms with Crippen LogP contribution in [0.3, 0.4) is 0 Å². The molecular formula is C14H11ClN2O2. The van der Waals surface area contributed by atoms with Crippen LogP contribution in [0.5, 0.6) is 11.5 Å². The number of rotatable bonds is 3. The Labute approximate surface area is 116 Å². The Kier molecular flexibility index (Phi) is 3.88. The second-order valence-corrected chi connectivity index (χ2v) is 4.06. The summed E-state index contributed by atoms with van der Waals surface area (Å²) in [6, 6.07) is 9.22. The van der Waals surface area contributed by atoms with E-state index in [9.17, 15) is 0 Å². The Morgan fingerprint density at radius 3 is 2.53 bits per heavy atom. The zero-order valence-corrected chi connectivity index (χ0v) is 11.2. The van der Waals surface area contributed by atoms with E-state index in [1.807, 2.05) is 6.07 Å². The lowest BCUT2D eigenvalue weighted by Gasteiger charge is -2.10.